The van der Waals surface area contributed by atoms with Gasteiger partial charge >= 0.3 is 0 Å². The number of rotatable bonds is 5. The first-order valence-corrected chi connectivity index (χ1v) is 9.88. The molecule has 3 rings (SSSR count). The maximum absolute atomic E-state index is 12.9. The molecule has 138 valence electrons. The molecular weight excluding hydrogens is 352 g/mol. The highest BCUT2D eigenvalue weighted by Gasteiger charge is 2.24. The number of anilines is 2. The lowest BCUT2D eigenvalue weighted by molar-refractivity contribution is -0.117. The van der Waals surface area contributed by atoms with Gasteiger partial charge in [0, 0.05) is 18.7 Å². The Morgan fingerprint density at radius 2 is 1.88 bits per heavy atom. The summed E-state index contributed by atoms with van der Waals surface area (Å²) in [4.78, 5) is 13.8. The summed E-state index contributed by atoms with van der Waals surface area (Å²) in [5.74, 6) is 0.527. The third-order valence-electron chi connectivity index (χ3n) is 4.43. The van der Waals surface area contributed by atoms with Crippen LogP contribution in [0, 0.1) is 13.8 Å². The van der Waals surface area contributed by atoms with Crippen LogP contribution in [0.4, 0.5) is 11.4 Å². The average Bonchev–Trinajstić information content (AvgIpc) is 3.00. The van der Waals surface area contributed by atoms with Crippen LogP contribution in [0.1, 0.15) is 24.0 Å². The van der Waals surface area contributed by atoms with Crippen molar-refractivity contribution in [3.63, 3.8) is 0 Å². The smallest absolute Gasteiger partial charge is 0.262 e. The molecule has 6 nitrogen and oxygen atoms in total. The summed E-state index contributed by atoms with van der Waals surface area (Å²) >= 11 is 0. The molecule has 1 amide bonds. The molecule has 0 unspecified atom stereocenters. The van der Waals surface area contributed by atoms with E-state index in [2.05, 4.69) is 4.72 Å². The van der Waals surface area contributed by atoms with Gasteiger partial charge in [0.2, 0.25) is 5.91 Å². The SMILES string of the molecule is COc1ccc(C)cc1NS(=O)(=O)c1ccc(N2CCCC2=O)cc1C. The van der Waals surface area contributed by atoms with Crippen LogP contribution in [0.25, 0.3) is 0 Å². The van der Waals surface area contributed by atoms with E-state index in [1.54, 1.807) is 42.2 Å². The lowest BCUT2D eigenvalue weighted by Gasteiger charge is -2.18. The maximum Gasteiger partial charge on any atom is 0.262 e. The number of nitrogens with zero attached hydrogens (tertiary/aromatic N) is 1. The molecule has 0 radical (unpaired) electrons. The van der Waals surface area contributed by atoms with Crippen molar-refractivity contribution in [2.45, 2.75) is 31.6 Å². The van der Waals surface area contributed by atoms with Gasteiger partial charge in [0.1, 0.15) is 5.75 Å². The highest BCUT2D eigenvalue weighted by Crippen LogP contribution is 2.30. The first kappa shape index (κ1) is 18.3. The molecule has 0 bridgehead atoms. The summed E-state index contributed by atoms with van der Waals surface area (Å²) < 4.78 is 33.5. The molecule has 0 aliphatic carbocycles. The molecule has 1 aliphatic rings. The number of amides is 1. The lowest BCUT2D eigenvalue weighted by atomic mass is 10.2. The number of aryl methyl sites for hydroxylation is 2. The largest absolute Gasteiger partial charge is 0.495 e. The first-order valence-electron chi connectivity index (χ1n) is 8.40. The Bertz CT molecular complexity index is 954. The van der Waals surface area contributed by atoms with E-state index in [0.717, 1.165) is 17.7 Å². The topological polar surface area (TPSA) is 75.7 Å². The summed E-state index contributed by atoms with van der Waals surface area (Å²) in [7, 11) is -2.29. The Hall–Kier alpha value is -2.54. The number of methoxy groups -OCH3 is 1. The Kier molecular flexibility index (Phi) is 4.91. The normalized spacial score (nSPS) is 14.6. The van der Waals surface area contributed by atoms with Crippen molar-refractivity contribution < 1.29 is 17.9 Å². The number of carbonyl (C=O) groups excluding carboxylic acids is 1. The molecule has 1 saturated heterocycles. The molecule has 1 aliphatic heterocycles. The molecule has 0 atom stereocenters. The van der Waals surface area contributed by atoms with E-state index in [9.17, 15) is 13.2 Å². The number of ether oxygens (including phenoxy) is 1. The molecule has 1 heterocycles. The van der Waals surface area contributed by atoms with Crippen LogP contribution in [-0.2, 0) is 14.8 Å². The van der Waals surface area contributed by atoms with E-state index in [4.69, 9.17) is 4.74 Å². The van der Waals surface area contributed by atoms with Gasteiger partial charge in [-0.3, -0.25) is 9.52 Å². The molecule has 2 aromatic rings. The zero-order chi connectivity index (χ0) is 18.9. The minimum atomic E-state index is -3.78. The quantitative estimate of drug-likeness (QED) is 0.872. The summed E-state index contributed by atoms with van der Waals surface area (Å²) in [6.07, 6.45) is 1.36. The fourth-order valence-corrected chi connectivity index (χ4v) is 4.41. The maximum atomic E-state index is 12.9. The number of sulfonamides is 1. The molecule has 26 heavy (non-hydrogen) atoms. The molecule has 0 aromatic heterocycles. The Morgan fingerprint density at radius 1 is 1.12 bits per heavy atom. The summed E-state index contributed by atoms with van der Waals surface area (Å²) in [5, 5.41) is 0. The van der Waals surface area contributed by atoms with Gasteiger partial charge in [0.25, 0.3) is 10.0 Å². The van der Waals surface area contributed by atoms with Gasteiger partial charge in [-0.2, -0.15) is 0 Å². The van der Waals surface area contributed by atoms with E-state index in [-0.39, 0.29) is 10.8 Å². The second-order valence-electron chi connectivity index (χ2n) is 6.41. The molecule has 1 fully saturated rings. The van der Waals surface area contributed by atoms with E-state index in [1.807, 2.05) is 13.0 Å². The van der Waals surface area contributed by atoms with Crippen LogP contribution >= 0.6 is 0 Å². The van der Waals surface area contributed by atoms with Crippen LogP contribution < -0.4 is 14.4 Å². The summed E-state index contributed by atoms with van der Waals surface area (Å²) in [6.45, 7) is 4.28. The van der Waals surface area contributed by atoms with Crippen LogP contribution in [0.5, 0.6) is 5.75 Å². The monoisotopic (exact) mass is 374 g/mol. The molecule has 1 N–H and O–H groups in total. The standard InChI is InChI=1S/C19H22N2O4S/c1-13-6-8-17(25-3)16(11-13)20-26(23,24)18-9-7-15(12-14(18)2)21-10-4-5-19(21)22/h6-9,11-12,20H,4-5,10H2,1-3H3. The third-order valence-corrected chi connectivity index (χ3v) is 5.96. The minimum Gasteiger partial charge on any atom is -0.495 e. The van der Waals surface area contributed by atoms with Crippen LogP contribution in [0.15, 0.2) is 41.3 Å². The summed E-state index contributed by atoms with van der Waals surface area (Å²) in [6, 6.07) is 10.3. The van der Waals surface area contributed by atoms with Crippen molar-refractivity contribution in [2.24, 2.45) is 0 Å². The predicted octanol–water partition coefficient (Wildman–Crippen LogP) is 3.24. The highest BCUT2D eigenvalue weighted by atomic mass is 32.2. The van der Waals surface area contributed by atoms with Crippen LogP contribution in [-0.4, -0.2) is 28.0 Å². The zero-order valence-electron chi connectivity index (χ0n) is 15.1. The van der Waals surface area contributed by atoms with Crippen molar-refractivity contribution in [3.8, 4) is 5.75 Å². The molecular formula is C19H22N2O4S. The van der Waals surface area contributed by atoms with E-state index in [1.165, 1.54) is 7.11 Å². The molecule has 0 saturated carbocycles. The Balaban J connectivity index is 1.93. The fourth-order valence-electron chi connectivity index (χ4n) is 3.13. The Labute approximate surface area is 153 Å². The number of nitrogens with one attached hydrogen (secondary N) is 1. The number of benzene rings is 2. The fraction of sp³-hybridized carbons (Fsp3) is 0.316. The minimum absolute atomic E-state index is 0.0719. The zero-order valence-corrected chi connectivity index (χ0v) is 15.9. The van der Waals surface area contributed by atoms with E-state index < -0.39 is 10.0 Å². The van der Waals surface area contributed by atoms with Crippen LogP contribution in [0.3, 0.4) is 0 Å². The van der Waals surface area contributed by atoms with E-state index >= 15 is 0 Å². The van der Waals surface area contributed by atoms with Crippen molar-refractivity contribution in [2.75, 3.05) is 23.3 Å². The van der Waals surface area contributed by atoms with Gasteiger partial charge in [-0.05, 0) is 61.7 Å². The van der Waals surface area contributed by atoms with Crippen LogP contribution in [0.2, 0.25) is 0 Å². The van der Waals surface area contributed by atoms with Gasteiger partial charge in [-0.1, -0.05) is 6.07 Å². The average molecular weight is 374 g/mol. The van der Waals surface area contributed by atoms with Crippen molar-refractivity contribution in [3.05, 3.63) is 47.5 Å². The molecule has 7 heteroatoms. The highest BCUT2D eigenvalue weighted by molar-refractivity contribution is 7.92. The number of carbonyl (C=O) groups is 1. The van der Waals surface area contributed by atoms with Crippen molar-refractivity contribution in [1.82, 2.24) is 0 Å². The Morgan fingerprint density at radius 3 is 2.50 bits per heavy atom. The van der Waals surface area contributed by atoms with Crippen molar-refractivity contribution in [1.29, 1.82) is 0 Å². The number of hydrogen-bond acceptors (Lipinski definition) is 4. The van der Waals surface area contributed by atoms with Gasteiger partial charge in [-0.25, -0.2) is 8.42 Å². The van der Waals surface area contributed by atoms with Gasteiger partial charge in [0.15, 0.2) is 0 Å². The number of hydrogen-bond donors (Lipinski definition) is 1. The second-order valence-corrected chi connectivity index (χ2v) is 8.06. The van der Waals surface area contributed by atoms with Gasteiger partial charge in [-0.15, -0.1) is 0 Å². The predicted molar refractivity (Wildman–Crippen MR) is 101 cm³/mol. The van der Waals surface area contributed by atoms with E-state index in [0.29, 0.717) is 30.0 Å². The first-order chi connectivity index (χ1) is 12.3. The second kappa shape index (κ2) is 6.99. The molecule has 0 spiro atoms. The summed E-state index contributed by atoms with van der Waals surface area (Å²) in [5.41, 5.74) is 2.63. The third kappa shape index (κ3) is 3.53. The molecule has 2 aromatic carbocycles. The van der Waals surface area contributed by atoms with Gasteiger partial charge < -0.3 is 9.64 Å². The lowest BCUT2D eigenvalue weighted by Crippen LogP contribution is -2.24. The van der Waals surface area contributed by atoms with Gasteiger partial charge in [0.05, 0.1) is 17.7 Å². The van der Waals surface area contributed by atoms with Crippen molar-refractivity contribution >= 4 is 27.3 Å².